The third kappa shape index (κ3) is 2.75. The fourth-order valence-corrected chi connectivity index (χ4v) is 1.75. The predicted molar refractivity (Wildman–Crippen MR) is 60.8 cm³/mol. The number of anilines is 2. The highest BCUT2D eigenvalue weighted by atomic mass is 32.2. The zero-order valence-corrected chi connectivity index (χ0v) is 9.62. The van der Waals surface area contributed by atoms with Crippen molar-refractivity contribution in [3.05, 3.63) is 12.4 Å². The van der Waals surface area contributed by atoms with Crippen molar-refractivity contribution in [2.45, 2.75) is 18.9 Å². The van der Waals surface area contributed by atoms with E-state index < -0.39 is 10.0 Å². The highest BCUT2D eigenvalue weighted by Crippen LogP contribution is 2.33. The summed E-state index contributed by atoms with van der Waals surface area (Å²) in [4.78, 5) is 3.88. The van der Waals surface area contributed by atoms with E-state index >= 15 is 0 Å². The Bertz CT molecular complexity index is 497. The van der Waals surface area contributed by atoms with Gasteiger partial charge in [-0.15, -0.1) is 0 Å². The number of aromatic nitrogens is 1. The number of hydrogen-bond acceptors (Lipinski definition) is 5. The first-order chi connectivity index (χ1) is 7.46. The van der Waals surface area contributed by atoms with Crippen molar-refractivity contribution in [2.24, 2.45) is 0 Å². The molecule has 3 N–H and O–H groups in total. The van der Waals surface area contributed by atoms with Gasteiger partial charge in [-0.05, 0) is 12.8 Å². The fourth-order valence-electron chi connectivity index (χ4n) is 1.19. The molecule has 1 aliphatic rings. The number of sulfonamides is 1. The average molecular weight is 243 g/mol. The average Bonchev–Trinajstić information content (AvgIpc) is 2.93. The number of nitrogens with zero attached hydrogens (tertiary/aromatic N) is 1. The second kappa shape index (κ2) is 3.82. The lowest BCUT2D eigenvalue weighted by molar-refractivity contribution is 0.304. The molecule has 0 spiro atoms. The van der Waals surface area contributed by atoms with Crippen LogP contribution in [0.3, 0.4) is 0 Å². The van der Waals surface area contributed by atoms with E-state index in [0.29, 0.717) is 5.75 Å². The fraction of sp³-hybridized carbons (Fsp3) is 0.444. The largest absolute Gasteiger partial charge is 0.487 e. The van der Waals surface area contributed by atoms with Gasteiger partial charge in [0.05, 0.1) is 30.4 Å². The molecular formula is C9H13N3O3S. The molecule has 1 saturated carbocycles. The molecule has 1 aliphatic carbocycles. The molecule has 1 aromatic heterocycles. The zero-order valence-electron chi connectivity index (χ0n) is 8.80. The number of hydrogen-bond donors (Lipinski definition) is 2. The maximum absolute atomic E-state index is 11.1. The van der Waals surface area contributed by atoms with Crippen LogP contribution in [0.5, 0.6) is 5.75 Å². The zero-order chi connectivity index (χ0) is 11.8. The van der Waals surface area contributed by atoms with Crippen molar-refractivity contribution < 1.29 is 13.2 Å². The Kier molecular flexibility index (Phi) is 2.63. The van der Waals surface area contributed by atoms with Crippen LogP contribution in [0.1, 0.15) is 12.8 Å². The third-order valence-electron chi connectivity index (χ3n) is 2.06. The van der Waals surface area contributed by atoms with Gasteiger partial charge < -0.3 is 10.5 Å². The number of ether oxygens (including phenoxy) is 1. The molecule has 1 aromatic rings. The van der Waals surface area contributed by atoms with Gasteiger partial charge in [0.2, 0.25) is 10.0 Å². The van der Waals surface area contributed by atoms with Crippen LogP contribution >= 0.6 is 0 Å². The summed E-state index contributed by atoms with van der Waals surface area (Å²) in [7, 11) is -3.35. The summed E-state index contributed by atoms with van der Waals surface area (Å²) in [6, 6.07) is 0. The van der Waals surface area contributed by atoms with Gasteiger partial charge in [0.15, 0.2) is 5.75 Å². The summed E-state index contributed by atoms with van der Waals surface area (Å²) in [5.74, 6) is 0.427. The highest BCUT2D eigenvalue weighted by molar-refractivity contribution is 7.92. The van der Waals surface area contributed by atoms with Crippen molar-refractivity contribution in [1.82, 2.24) is 4.98 Å². The van der Waals surface area contributed by atoms with Crippen LogP contribution in [0.4, 0.5) is 11.4 Å². The summed E-state index contributed by atoms with van der Waals surface area (Å²) < 4.78 is 29.9. The van der Waals surface area contributed by atoms with Gasteiger partial charge in [0.25, 0.3) is 0 Å². The molecule has 16 heavy (non-hydrogen) atoms. The van der Waals surface area contributed by atoms with Crippen LogP contribution in [0.2, 0.25) is 0 Å². The second-order valence-electron chi connectivity index (χ2n) is 3.79. The van der Waals surface area contributed by atoms with Crippen LogP contribution in [-0.2, 0) is 10.0 Å². The van der Waals surface area contributed by atoms with E-state index in [2.05, 4.69) is 9.71 Å². The van der Waals surface area contributed by atoms with Gasteiger partial charge in [-0.25, -0.2) is 8.42 Å². The molecular weight excluding hydrogens is 230 g/mol. The summed E-state index contributed by atoms with van der Waals surface area (Å²) in [5.41, 5.74) is 6.30. The van der Waals surface area contributed by atoms with E-state index in [0.717, 1.165) is 19.1 Å². The van der Waals surface area contributed by atoms with E-state index in [9.17, 15) is 8.42 Å². The molecule has 0 unspecified atom stereocenters. The van der Waals surface area contributed by atoms with Gasteiger partial charge in [-0.1, -0.05) is 0 Å². The lowest BCUT2D eigenvalue weighted by Gasteiger charge is -2.11. The molecule has 0 radical (unpaired) electrons. The number of nitrogen functional groups attached to an aromatic ring is 1. The molecule has 88 valence electrons. The van der Waals surface area contributed by atoms with Gasteiger partial charge >= 0.3 is 0 Å². The number of nitrogens with two attached hydrogens (primary N) is 1. The van der Waals surface area contributed by atoms with Crippen molar-refractivity contribution in [3.63, 3.8) is 0 Å². The molecule has 0 amide bonds. The lowest BCUT2D eigenvalue weighted by atomic mass is 10.3. The van der Waals surface area contributed by atoms with E-state index in [4.69, 9.17) is 10.5 Å². The van der Waals surface area contributed by atoms with Crippen LogP contribution in [0.15, 0.2) is 12.4 Å². The SMILES string of the molecule is CS(=O)(=O)Nc1cncc(OC2CC2)c1N. The number of nitrogens with one attached hydrogen (secondary N) is 1. The topological polar surface area (TPSA) is 94.3 Å². The summed E-state index contributed by atoms with van der Waals surface area (Å²) in [6.07, 6.45) is 6.10. The van der Waals surface area contributed by atoms with E-state index in [1.807, 2.05) is 0 Å². The molecule has 0 saturated heterocycles. The maximum Gasteiger partial charge on any atom is 0.229 e. The molecule has 0 aliphatic heterocycles. The Labute approximate surface area is 93.9 Å². The van der Waals surface area contributed by atoms with Crippen molar-refractivity contribution in [2.75, 3.05) is 16.7 Å². The molecule has 0 atom stereocenters. The molecule has 0 bridgehead atoms. The monoisotopic (exact) mass is 243 g/mol. The minimum atomic E-state index is -3.35. The molecule has 0 aromatic carbocycles. The van der Waals surface area contributed by atoms with Crippen LogP contribution in [0, 0.1) is 0 Å². The van der Waals surface area contributed by atoms with Crippen molar-refractivity contribution in [3.8, 4) is 5.75 Å². The standard InChI is InChI=1S/C9H13N3O3S/c1-16(13,14)12-7-4-11-5-8(9(7)10)15-6-2-3-6/h4-6,12H,2-3H2,1H3,(H2,10,11). The van der Waals surface area contributed by atoms with E-state index in [1.54, 1.807) is 0 Å². The van der Waals surface area contributed by atoms with Gasteiger partial charge in [0, 0.05) is 0 Å². The van der Waals surface area contributed by atoms with Crippen molar-refractivity contribution >= 4 is 21.4 Å². The Morgan fingerprint density at radius 2 is 2.19 bits per heavy atom. The Morgan fingerprint density at radius 3 is 2.75 bits per heavy atom. The van der Waals surface area contributed by atoms with Crippen LogP contribution < -0.4 is 15.2 Å². The maximum atomic E-state index is 11.1. The van der Waals surface area contributed by atoms with Crippen LogP contribution in [0.25, 0.3) is 0 Å². The Hall–Kier alpha value is -1.50. The van der Waals surface area contributed by atoms with Gasteiger partial charge in [-0.2, -0.15) is 0 Å². The Balaban J connectivity index is 2.24. The molecule has 1 fully saturated rings. The third-order valence-corrected chi connectivity index (χ3v) is 2.66. The number of pyridine rings is 1. The van der Waals surface area contributed by atoms with Gasteiger partial charge in [-0.3, -0.25) is 9.71 Å². The lowest BCUT2D eigenvalue weighted by Crippen LogP contribution is -2.12. The first kappa shape index (κ1) is 11.0. The first-order valence-electron chi connectivity index (χ1n) is 4.83. The summed E-state index contributed by atoms with van der Waals surface area (Å²) in [6.45, 7) is 0. The summed E-state index contributed by atoms with van der Waals surface area (Å²) in [5, 5.41) is 0. The molecule has 6 nitrogen and oxygen atoms in total. The first-order valence-corrected chi connectivity index (χ1v) is 6.73. The molecule has 2 rings (SSSR count). The van der Waals surface area contributed by atoms with E-state index in [1.165, 1.54) is 12.4 Å². The Morgan fingerprint density at radius 1 is 1.50 bits per heavy atom. The molecule has 7 heteroatoms. The summed E-state index contributed by atoms with van der Waals surface area (Å²) >= 11 is 0. The van der Waals surface area contributed by atoms with Crippen molar-refractivity contribution in [1.29, 1.82) is 0 Å². The number of rotatable bonds is 4. The van der Waals surface area contributed by atoms with E-state index in [-0.39, 0.29) is 17.5 Å². The minimum Gasteiger partial charge on any atom is -0.487 e. The minimum absolute atomic E-state index is 0.192. The second-order valence-corrected chi connectivity index (χ2v) is 5.54. The molecule has 1 heterocycles. The quantitative estimate of drug-likeness (QED) is 0.806. The van der Waals surface area contributed by atoms with Gasteiger partial charge in [0.1, 0.15) is 5.69 Å². The van der Waals surface area contributed by atoms with Crippen LogP contribution in [-0.4, -0.2) is 25.8 Å². The smallest absolute Gasteiger partial charge is 0.229 e. The highest BCUT2D eigenvalue weighted by Gasteiger charge is 2.25. The normalized spacial score (nSPS) is 15.8. The predicted octanol–water partition coefficient (Wildman–Crippen LogP) is 0.576.